The third-order valence-electron chi connectivity index (χ3n) is 4.16. The smallest absolute Gasteiger partial charge is 0.251 e. The first kappa shape index (κ1) is 17.5. The predicted octanol–water partition coefficient (Wildman–Crippen LogP) is 4.51. The molecule has 130 valence electrons. The monoisotopic (exact) mass is 355 g/mol. The van der Waals surface area contributed by atoms with Crippen molar-refractivity contribution in [3.8, 4) is 0 Å². The fourth-order valence-corrected chi connectivity index (χ4v) is 2.82. The molecule has 0 saturated carbocycles. The molecule has 4 nitrogen and oxygen atoms in total. The van der Waals surface area contributed by atoms with Gasteiger partial charge in [-0.25, -0.2) is 4.98 Å². The van der Waals surface area contributed by atoms with E-state index in [0.29, 0.717) is 24.6 Å². The highest BCUT2D eigenvalue weighted by Crippen LogP contribution is 2.18. The minimum absolute atomic E-state index is 0.0465. The summed E-state index contributed by atoms with van der Waals surface area (Å²) in [6, 6.07) is 13.4. The van der Waals surface area contributed by atoms with E-state index >= 15 is 0 Å². The number of benzene rings is 2. The molecule has 3 rings (SSSR count). The van der Waals surface area contributed by atoms with Crippen molar-refractivity contribution in [2.45, 2.75) is 26.8 Å². The van der Waals surface area contributed by atoms with Crippen LogP contribution in [0.1, 0.15) is 36.2 Å². The van der Waals surface area contributed by atoms with Gasteiger partial charge < -0.3 is 9.88 Å². The first-order valence-corrected chi connectivity index (χ1v) is 8.88. The zero-order chi connectivity index (χ0) is 17.8. The van der Waals surface area contributed by atoms with E-state index in [9.17, 15) is 4.79 Å². The SMILES string of the molecule is CC(C)CCNC(=O)c1ccc2c(c1)ncn2Cc1ccc(Cl)cc1. The van der Waals surface area contributed by atoms with Crippen LogP contribution in [0.25, 0.3) is 11.0 Å². The zero-order valence-corrected chi connectivity index (χ0v) is 15.3. The van der Waals surface area contributed by atoms with Crippen LogP contribution in [0.15, 0.2) is 48.8 Å². The molecular weight excluding hydrogens is 334 g/mol. The topological polar surface area (TPSA) is 46.9 Å². The average Bonchev–Trinajstić information content (AvgIpc) is 2.98. The normalized spacial score (nSPS) is 11.2. The molecule has 0 fully saturated rings. The lowest BCUT2D eigenvalue weighted by Gasteiger charge is -2.08. The van der Waals surface area contributed by atoms with Crippen LogP contribution in [0.3, 0.4) is 0 Å². The summed E-state index contributed by atoms with van der Waals surface area (Å²) in [7, 11) is 0. The third-order valence-corrected chi connectivity index (χ3v) is 4.41. The number of hydrogen-bond donors (Lipinski definition) is 1. The molecule has 1 amide bonds. The van der Waals surface area contributed by atoms with E-state index in [1.54, 1.807) is 6.33 Å². The van der Waals surface area contributed by atoms with E-state index in [1.807, 2.05) is 42.5 Å². The molecule has 3 aromatic rings. The largest absolute Gasteiger partial charge is 0.352 e. The van der Waals surface area contributed by atoms with Gasteiger partial charge in [-0.1, -0.05) is 37.6 Å². The van der Waals surface area contributed by atoms with Gasteiger partial charge in [0.1, 0.15) is 0 Å². The van der Waals surface area contributed by atoms with Gasteiger partial charge in [-0.3, -0.25) is 4.79 Å². The lowest BCUT2D eigenvalue weighted by molar-refractivity contribution is 0.0952. The number of carbonyl (C=O) groups is 1. The number of fused-ring (bicyclic) bond motifs is 1. The average molecular weight is 356 g/mol. The fraction of sp³-hybridized carbons (Fsp3) is 0.300. The van der Waals surface area contributed by atoms with Crippen molar-refractivity contribution < 1.29 is 4.79 Å². The first-order chi connectivity index (χ1) is 12.0. The van der Waals surface area contributed by atoms with Crippen LogP contribution in [0.2, 0.25) is 5.02 Å². The number of rotatable bonds is 6. The van der Waals surface area contributed by atoms with E-state index in [2.05, 4.69) is 28.7 Å². The minimum atomic E-state index is -0.0465. The van der Waals surface area contributed by atoms with E-state index < -0.39 is 0 Å². The molecule has 25 heavy (non-hydrogen) atoms. The number of carbonyl (C=O) groups excluding carboxylic acids is 1. The van der Waals surface area contributed by atoms with Gasteiger partial charge in [0.15, 0.2) is 0 Å². The van der Waals surface area contributed by atoms with Crippen molar-refractivity contribution in [1.29, 1.82) is 0 Å². The molecule has 0 aliphatic heterocycles. The molecule has 1 N–H and O–H groups in total. The maximum absolute atomic E-state index is 12.2. The zero-order valence-electron chi connectivity index (χ0n) is 14.5. The molecule has 5 heteroatoms. The number of amides is 1. The predicted molar refractivity (Wildman–Crippen MR) is 102 cm³/mol. The second-order valence-electron chi connectivity index (χ2n) is 6.64. The summed E-state index contributed by atoms with van der Waals surface area (Å²) in [5.74, 6) is 0.529. The van der Waals surface area contributed by atoms with Crippen LogP contribution < -0.4 is 5.32 Å². The van der Waals surface area contributed by atoms with Crippen molar-refractivity contribution in [2.75, 3.05) is 6.54 Å². The Bertz CT molecular complexity index is 868. The van der Waals surface area contributed by atoms with Gasteiger partial charge in [0, 0.05) is 23.7 Å². The minimum Gasteiger partial charge on any atom is -0.352 e. The van der Waals surface area contributed by atoms with Crippen LogP contribution in [0.5, 0.6) is 0 Å². The van der Waals surface area contributed by atoms with E-state index in [4.69, 9.17) is 11.6 Å². The Morgan fingerprint density at radius 1 is 1.20 bits per heavy atom. The molecule has 0 aliphatic carbocycles. The molecule has 1 aromatic heterocycles. The highest BCUT2D eigenvalue weighted by molar-refractivity contribution is 6.30. The van der Waals surface area contributed by atoms with Crippen molar-refractivity contribution >= 4 is 28.5 Å². The molecule has 0 saturated heterocycles. The molecule has 2 aromatic carbocycles. The number of nitrogens with zero attached hydrogens (tertiary/aromatic N) is 2. The number of nitrogens with one attached hydrogen (secondary N) is 1. The summed E-state index contributed by atoms with van der Waals surface area (Å²) >= 11 is 5.93. The van der Waals surface area contributed by atoms with Crippen LogP contribution in [-0.2, 0) is 6.54 Å². The maximum Gasteiger partial charge on any atom is 0.251 e. The van der Waals surface area contributed by atoms with Gasteiger partial charge >= 0.3 is 0 Å². The van der Waals surface area contributed by atoms with Gasteiger partial charge in [-0.05, 0) is 48.2 Å². The lowest BCUT2D eigenvalue weighted by atomic mass is 10.1. The van der Waals surface area contributed by atoms with Gasteiger partial charge in [0.2, 0.25) is 0 Å². The van der Waals surface area contributed by atoms with Gasteiger partial charge in [-0.15, -0.1) is 0 Å². The van der Waals surface area contributed by atoms with Crippen LogP contribution in [0, 0.1) is 5.92 Å². The summed E-state index contributed by atoms with van der Waals surface area (Å²) < 4.78 is 2.07. The van der Waals surface area contributed by atoms with Crippen LogP contribution >= 0.6 is 11.6 Å². The van der Waals surface area contributed by atoms with Gasteiger partial charge in [0.25, 0.3) is 5.91 Å². The third kappa shape index (κ3) is 4.40. The van der Waals surface area contributed by atoms with E-state index in [0.717, 1.165) is 28.0 Å². The fourth-order valence-electron chi connectivity index (χ4n) is 2.69. The molecule has 0 unspecified atom stereocenters. The molecule has 0 radical (unpaired) electrons. The molecule has 1 heterocycles. The quantitative estimate of drug-likeness (QED) is 0.707. The van der Waals surface area contributed by atoms with Gasteiger partial charge in [0.05, 0.1) is 17.4 Å². The summed E-state index contributed by atoms with van der Waals surface area (Å²) in [6.07, 6.45) is 2.78. The molecule has 0 aliphatic rings. The summed E-state index contributed by atoms with van der Waals surface area (Å²) in [5, 5.41) is 3.69. The van der Waals surface area contributed by atoms with Crippen LogP contribution in [-0.4, -0.2) is 22.0 Å². The standard InChI is InChI=1S/C20H22ClN3O/c1-14(2)9-10-22-20(25)16-5-8-19-18(11-16)23-13-24(19)12-15-3-6-17(21)7-4-15/h3-8,11,13-14H,9-10,12H2,1-2H3,(H,22,25). The highest BCUT2D eigenvalue weighted by atomic mass is 35.5. The number of hydrogen-bond acceptors (Lipinski definition) is 2. The second-order valence-corrected chi connectivity index (χ2v) is 7.08. The number of imidazole rings is 1. The lowest BCUT2D eigenvalue weighted by Crippen LogP contribution is -2.25. The summed E-state index contributed by atoms with van der Waals surface area (Å²) in [5.41, 5.74) is 3.63. The van der Waals surface area contributed by atoms with Crippen molar-refractivity contribution in [2.24, 2.45) is 5.92 Å². The Morgan fingerprint density at radius 3 is 2.68 bits per heavy atom. The maximum atomic E-state index is 12.2. The van der Waals surface area contributed by atoms with Crippen molar-refractivity contribution in [1.82, 2.24) is 14.9 Å². The Hall–Kier alpha value is -2.33. The summed E-state index contributed by atoms with van der Waals surface area (Å²) in [6.45, 7) is 5.70. The Morgan fingerprint density at radius 2 is 1.96 bits per heavy atom. The molecule has 0 atom stereocenters. The molecular formula is C20H22ClN3O. The highest BCUT2D eigenvalue weighted by Gasteiger charge is 2.09. The van der Waals surface area contributed by atoms with Crippen LogP contribution in [0.4, 0.5) is 0 Å². The van der Waals surface area contributed by atoms with Crippen molar-refractivity contribution in [3.63, 3.8) is 0 Å². The second kappa shape index (κ2) is 7.70. The van der Waals surface area contributed by atoms with E-state index in [1.165, 1.54) is 0 Å². The molecule has 0 spiro atoms. The molecule has 0 bridgehead atoms. The van der Waals surface area contributed by atoms with Gasteiger partial charge in [-0.2, -0.15) is 0 Å². The Labute approximate surface area is 152 Å². The first-order valence-electron chi connectivity index (χ1n) is 8.50. The van der Waals surface area contributed by atoms with Crippen molar-refractivity contribution in [3.05, 3.63) is 64.9 Å². The number of halogens is 1. The van der Waals surface area contributed by atoms with E-state index in [-0.39, 0.29) is 5.91 Å². The number of aromatic nitrogens is 2. The Balaban J connectivity index is 1.74. The Kier molecular flexibility index (Phi) is 5.39. The summed E-state index contributed by atoms with van der Waals surface area (Å²) in [4.78, 5) is 16.7.